The SMILES string of the molecule is Cc1cnc(CNc2cnn(C(C)C)c(=O)c2Br)o1. The number of nitrogens with one attached hydrogen (secondary N) is 1. The van der Waals surface area contributed by atoms with Gasteiger partial charge in [-0.1, -0.05) is 0 Å². The molecule has 0 atom stereocenters. The highest BCUT2D eigenvalue weighted by Crippen LogP contribution is 2.18. The predicted octanol–water partition coefficient (Wildman–Crippen LogP) is 2.50. The smallest absolute Gasteiger partial charge is 0.283 e. The molecule has 0 aliphatic carbocycles. The van der Waals surface area contributed by atoms with Crippen LogP contribution in [-0.2, 0) is 6.54 Å². The van der Waals surface area contributed by atoms with Crippen LogP contribution < -0.4 is 10.9 Å². The van der Waals surface area contributed by atoms with Gasteiger partial charge in [0.1, 0.15) is 10.2 Å². The minimum absolute atomic E-state index is 0.0206. The lowest BCUT2D eigenvalue weighted by Gasteiger charge is -2.11. The quantitative estimate of drug-likeness (QED) is 0.934. The van der Waals surface area contributed by atoms with E-state index in [1.807, 2.05) is 20.8 Å². The molecule has 0 saturated carbocycles. The minimum atomic E-state index is -0.163. The summed E-state index contributed by atoms with van der Waals surface area (Å²) >= 11 is 3.29. The monoisotopic (exact) mass is 326 g/mol. The number of oxazole rings is 1. The lowest BCUT2D eigenvalue weighted by Crippen LogP contribution is -2.26. The molecule has 0 bridgehead atoms. The third kappa shape index (κ3) is 3.04. The van der Waals surface area contributed by atoms with Crippen molar-refractivity contribution in [3.05, 3.63) is 38.9 Å². The molecule has 1 N–H and O–H groups in total. The van der Waals surface area contributed by atoms with Crippen LogP contribution in [0.2, 0.25) is 0 Å². The van der Waals surface area contributed by atoms with E-state index < -0.39 is 0 Å². The standard InChI is InChI=1S/C12H15BrN4O2/c1-7(2)17-12(18)11(13)9(5-16-17)14-6-10-15-4-8(3)19-10/h4-5,7,14H,6H2,1-3H3. The van der Waals surface area contributed by atoms with Crippen molar-refractivity contribution >= 4 is 21.6 Å². The van der Waals surface area contributed by atoms with Gasteiger partial charge in [0.05, 0.1) is 30.7 Å². The van der Waals surface area contributed by atoms with Gasteiger partial charge >= 0.3 is 0 Å². The Morgan fingerprint density at radius 2 is 2.21 bits per heavy atom. The summed E-state index contributed by atoms with van der Waals surface area (Å²) in [5.41, 5.74) is 0.460. The predicted molar refractivity (Wildman–Crippen MR) is 75.1 cm³/mol. The molecule has 6 nitrogen and oxygen atoms in total. The third-order valence-electron chi connectivity index (χ3n) is 2.53. The van der Waals surface area contributed by atoms with Crippen LogP contribution in [0.15, 0.2) is 26.1 Å². The first-order chi connectivity index (χ1) is 8.99. The molecule has 102 valence electrons. The van der Waals surface area contributed by atoms with Crippen molar-refractivity contribution in [1.82, 2.24) is 14.8 Å². The zero-order valence-corrected chi connectivity index (χ0v) is 12.6. The fraction of sp³-hybridized carbons (Fsp3) is 0.417. The van der Waals surface area contributed by atoms with E-state index in [0.29, 0.717) is 22.6 Å². The molecule has 0 aliphatic heterocycles. The van der Waals surface area contributed by atoms with Crippen molar-refractivity contribution in [3.8, 4) is 0 Å². The molecule has 0 aliphatic rings. The highest BCUT2D eigenvalue weighted by Gasteiger charge is 2.11. The second kappa shape index (κ2) is 5.56. The van der Waals surface area contributed by atoms with Gasteiger partial charge < -0.3 is 9.73 Å². The maximum Gasteiger partial charge on any atom is 0.283 e. The van der Waals surface area contributed by atoms with Gasteiger partial charge in [-0.25, -0.2) is 9.67 Å². The van der Waals surface area contributed by atoms with Crippen molar-refractivity contribution in [3.63, 3.8) is 0 Å². The van der Waals surface area contributed by atoms with Crippen molar-refractivity contribution in [2.45, 2.75) is 33.4 Å². The second-order valence-electron chi connectivity index (χ2n) is 4.43. The molecule has 0 aromatic carbocycles. The Labute approximate surface area is 119 Å². The maximum absolute atomic E-state index is 12.0. The Kier molecular flexibility index (Phi) is 4.04. The molecule has 0 amide bonds. The van der Waals surface area contributed by atoms with Crippen LogP contribution in [0.4, 0.5) is 5.69 Å². The van der Waals surface area contributed by atoms with Gasteiger partial charge in [0.25, 0.3) is 5.56 Å². The molecular weight excluding hydrogens is 312 g/mol. The number of nitrogens with zero attached hydrogens (tertiary/aromatic N) is 3. The summed E-state index contributed by atoms with van der Waals surface area (Å²) in [6.07, 6.45) is 3.27. The van der Waals surface area contributed by atoms with Gasteiger partial charge in [-0.2, -0.15) is 5.10 Å². The number of anilines is 1. The van der Waals surface area contributed by atoms with Crippen LogP contribution in [0.5, 0.6) is 0 Å². The molecule has 2 rings (SSSR count). The average Bonchev–Trinajstić information content (AvgIpc) is 2.76. The summed E-state index contributed by atoms with van der Waals surface area (Å²) in [7, 11) is 0. The molecule has 19 heavy (non-hydrogen) atoms. The Morgan fingerprint density at radius 1 is 1.47 bits per heavy atom. The first-order valence-corrected chi connectivity index (χ1v) is 6.71. The first-order valence-electron chi connectivity index (χ1n) is 5.91. The number of aromatic nitrogens is 3. The van der Waals surface area contributed by atoms with E-state index in [9.17, 15) is 4.79 Å². The zero-order valence-electron chi connectivity index (χ0n) is 11.0. The van der Waals surface area contributed by atoms with Crippen LogP contribution in [0.25, 0.3) is 0 Å². The van der Waals surface area contributed by atoms with Gasteiger partial charge in [0, 0.05) is 0 Å². The Balaban J connectivity index is 2.18. The number of halogens is 1. The highest BCUT2D eigenvalue weighted by atomic mass is 79.9. The van der Waals surface area contributed by atoms with Crippen LogP contribution in [-0.4, -0.2) is 14.8 Å². The minimum Gasteiger partial charge on any atom is -0.444 e. The second-order valence-corrected chi connectivity index (χ2v) is 5.23. The summed E-state index contributed by atoms with van der Waals surface area (Å²) < 4.78 is 7.22. The van der Waals surface area contributed by atoms with E-state index in [1.165, 1.54) is 4.68 Å². The largest absolute Gasteiger partial charge is 0.444 e. The summed E-state index contributed by atoms with van der Waals surface area (Å²) in [5, 5.41) is 7.19. The molecule has 2 aromatic rings. The Hall–Kier alpha value is -1.63. The third-order valence-corrected chi connectivity index (χ3v) is 3.30. The lowest BCUT2D eigenvalue weighted by atomic mass is 10.4. The van der Waals surface area contributed by atoms with Crippen LogP contribution in [0.1, 0.15) is 31.5 Å². The van der Waals surface area contributed by atoms with E-state index in [1.54, 1.807) is 12.4 Å². The van der Waals surface area contributed by atoms with Crippen molar-refractivity contribution in [1.29, 1.82) is 0 Å². The van der Waals surface area contributed by atoms with Gasteiger partial charge in [-0.3, -0.25) is 4.79 Å². The molecule has 0 spiro atoms. The summed E-state index contributed by atoms with van der Waals surface area (Å²) in [6, 6.07) is 0.0206. The summed E-state index contributed by atoms with van der Waals surface area (Å²) in [4.78, 5) is 16.1. The van der Waals surface area contributed by atoms with Gasteiger partial charge in [0.2, 0.25) is 5.89 Å². The van der Waals surface area contributed by atoms with Crippen molar-refractivity contribution in [2.24, 2.45) is 0 Å². The molecule has 0 fully saturated rings. The van der Waals surface area contributed by atoms with Crippen LogP contribution >= 0.6 is 15.9 Å². The van der Waals surface area contributed by atoms with Gasteiger partial charge in [-0.05, 0) is 36.7 Å². The highest BCUT2D eigenvalue weighted by molar-refractivity contribution is 9.10. The molecule has 0 unspecified atom stereocenters. The average molecular weight is 327 g/mol. The molecular formula is C12H15BrN4O2. The first kappa shape index (κ1) is 13.8. The summed E-state index contributed by atoms with van der Waals surface area (Å²) in [5.74, 6) is 1.32. The lowest BCUT2D eigenvalue weighted by molar-refractivity contribution is 0.478. The van der Waals surface area contributed by atoms with Crippen molar-refractivity contribution in [2.75, 3.05) is 5.32 Å². The number of hydrogen-bond donors (Lipinski definition) is 1. The van der Waals surface area contributed by atoms with E-state index in [0.717, 1.165) is 5.76 Å². The topological polar surface area (TPSA) is 73.0 Å². The van der Waals surface area contributed by atoms with E-state index in [-0.39, 0.29) is 11.6 Å². The van der Waals surface area contributed by atoms with E-state index in [2.05, 4.69) is 31.3 Å². The molecule has 0 saturated heterocycles. The summed E-state index contributed by atoms with van der Waals surface area (Å²) in [6.45, 7) is 6.05. The normalized spacial score (nSPS) is 11.0. The molecule has 2 aromatic heterocycles. The van der Waals surface area contributed by atoms with Crippen LogP contribution in [0.3, 0.4) is 0 Å². The number of hydrogen-bond acceptors (Lipinski definition) is 5. The van der Waals surface area contributed by atoms with E-state index >= 15 is 0 Å². The van der Waals surface area contributed by atoms with Crippen LogP contribution in [0, 0.1) is 6.92 Å². The fourth-order valence-electron chi connectivity index (χ4n) is 1.59. The van der Waals surface area contributed by atoms with Crippen molar-refractivity contribution < 1.29 is 4.42 Å². The Bertz CT molecular complexity index is 633. The molecule has 2 heterocycles. The number of rotatable bonds is 4. The molecule has 0 radical (unpaired) electrons. The van der Waals surface area contributed by atoms with E-state index in [4.69, 9.17) is 4.42 Å². The zero-order chi connectivity index (χ0) is 14.0. The van der Waals surface area contributed by atoms with Gasteiger partial charge in [-0.15, -0.1) is 0 Å². The fourth-order valence-corrected chi connectivity index (χ4v) is 2.01. The van der Waals surface area contributed by atoms with Gasteiger partial charge in [0.15, 0.2) is 0 Å². The Morgan fingerprint density at radius 3 is 2.79 bits per heavy atom. The molecule has 7 heteroatoms. The maximum atomic E-state index is 12.0. The number of aryl methyl sites for hydroxylation is 1.